The maximum atomic E-state index is 10.3. The smallest absolute Gasteiger partial charge is 1.00 e. The number of ether oxygens (including phenoxy) is 3. The van der Waals surface area contributed by atoms with Crippen molar-refractivity contribution < 1.29 is 130 Å². The van der Waals surface area contributed by atoms with Crippen molar-refractivity contribution >= 4 is 67.0 Å². The topological polar surface area (TPSA) is 350 Å². The van der Waals surface area contributed by atoms with Crippen molar-refractivity contribution in [3.63, 3.8) is 0 Å². The Hall–Kier alpha value is -0.310. The Balaban J connectivity index is -0.0000000744. The summed E-state index contributed by atoms with van der Waals surface area (Å²) in [6.07, 6.45) is -2.85. The summed E-state index contributed by atoms with van der Waals surface area (Å²) >= 11 is -3.11. The Morgan fingerprint density at radius 2 is 1.21 bits per heavy atom. The summed E-state index contributed by atoms with van der Waals surface area (Å²) in [4.78, 5) is 30.5. The van der Waals surface area contributed by atoms with Crippen molar-refractivity contribution in [1.82, 2.24) is 0 Å². The molecule has 1 rings (SSSR count). The number of aliphatic hydroxyl groups excluding tert-OH is 5. The van der Waals surface area contributed by atoms with Gasteiger partial charge in [0.1, 0.15) is 12.4 Å². The zero-order valence-electron chi connectivity index (χ0n) is 27.2. The van der Waals surface area contributed by atoms with Gasteiger partial charge in [-0.05, 0) is 26.0 Å². The first-order valence-corrected chi connectivity index (χ1v) is 13.9. The van der Waals surface area contributed by atoms with Gasteiger partial charge in [0.2, 0.25) is 0 Å². The molecule has 19 nitrogen and oxygen atoms in total. The van der Waals surface area contributed by atoms with Gasteiger partial charge in [-0.3, -0.25) is 13.8 Å². The Labute approximate surface area is 340 Å². The maximum Gasteiger partial charge on any atom is 2.00 e. The molecule has 0 aliphatic carbocycles. The first kappa shape index (κ1) is 66.0. The summed E-state index contributed by atoms with van der Waals surface area (Å²) in [5, 5.41) is 73.6. The second-order valence-corrected chi connectivity index (χ2v) is 8.06. The minimum atomic E-state index is -3.11. The summed E-state index contributed by atoms with van der Waals surface area (Å²) in [7, 11) is 0. The number of hydrogen-bond donors (Lipinski definition) is 10. The van der Waals surface area contributed by atoms with Gasteiger partial charge < -0.3 is 87.4 Å². The SMILES string of the molecule is CC(O)CO.CCO.NCCO.O=C(O)CC(O)(CC(=O)O)C(=O)O.O=S([O-])[O-].OCCOCCOCCOc1ccccc1.[Ca+2].[Cl-].[Na+]. The average molecular weight is 780 g/mol. The molecule has 0 bridgehead atoms. The zero-order valence-corrected chi connectivity index (χ0v) is 33.0. The molecule has 0 aromatic heterocycles. The van der Waals surface area contributed by atoms with E-state index < -0.39 is 53.8 Å². The second kappa shape index (κ2) is 51.1. The number of carbonyl (C=O) groups is 3. The summed E-state index contributed by atoms with van der Waals surface area (Å²) in [6, 6.07) is 9.62. The van der Waals surface area contributed by atoms with Gasteiger partial charge >= 0.3 is 85.2 Å². The summed E-state index contributed by atoms with van der Waals surface area (Å²) in [5.74, 6) is -4.17. The van der Waals surface area contributed by atoms with Crippen LogP contribution in [0.5, 0.6) is 5.75 Å². The van der Waals surface area contributed by atoms with Gasteiger partial charge in [0.25, 0.3) is 0 Å². The molecular formula is C25H47CaClNNaO18S. The molecule has 11 N–H and O–H groups in total. The number of carboxylic acids is 3. The van der Waals surface area contributed by atoms with Crippen LogP contribution in [0.25, 0.3) is 0 Å². The van der Waals surface area contributed by atoms with E-state index >= 15 is 0 Å². The predicted molar refractivity (Wildman–Crippen MR) is 161 cm³/mol. The molecule has 0 saturated heterocycles. The molecule has 1 aromatic carbocycles. The van der Waals surface area contributed by atoms with E-state index in [0.717, 1.165) is 5.75 Å². The number of hydrogen-bond acceptors (Lipinski definition) is 16. The van der Waals surface area contributed by atoms with Gasteiger partial charge in [-0.2, -0.15) is 0 Å². The first-order valence-electron chi connectivity index (χ1n) is 12.9. The summed E-state index contributed by atoms with van der Waals surface area (Å²) in [6.45, 7) is 6.31. The number of aliphatic carboxylic acids is 3. The Bertz CT molecular complexity index is 815. The van der Waals surface area contributed by atoms with Crippen LogP contribution in [0, 0.1) is 0 Å². The number of aliphatic hydroxyl groups is 6. The molecule has 0 aliphatic heterocycles. The quantitative estimate of drug-likeness (QED) is 0.0423. The molecule has 0 saturated carbocycles. The van der Waals surface area contributed by atoms with Crippen LogP contribution in [-0.4, -0.2) is 193 Å². The van der Waals surface area contributed by atoms with Crippen LogP contribution >= 0.6 is 0 Å². The third-order valence-electron chi connectivity index (χ3n) is 3.53. The Morgan fingerprint density at radius 3 is 1.48 bits per heavy atom. The fraction of sp³-hybridized carbons (Fsp3) is 0.640. The van der Waals surface area contributed by atoms with E-state index in [9.17, 15) is 14.4 Å². The van der Waals surface area contributed by atoms with Crippen molar-refractivity contribution in [2.75, 3.05) is 66.0 Å². The molecular weight excluding hydrogens is 733 g/mol. The van der Waals surface area contributed by atoms with Crippen LogP contribution in [0.15, 0.2) is 30.3 Å². The summed E-state index contributed by atoms with van der Waals surface area (Å²) in [5.41, 5.74) is 2.04. The third kappa shape index (κ3) is 67.8. The van der Waals surface area contributed by atoms with E-state index in [1.807, 2.05) is 30.3 Å². The molecule has 1 atom stereocenters. The maximum absolute atomic E-state index is 10.3. The van der Waals surface area contributed by atoms with Gasteiger partial charge in [0, 0.05) is 13.2 Å². The van der Waals surface area contributed by atoms with Crippen molar-refractivity contribution in [1.29, 1.82) is 0 Å². The van der Waals surface area contributed by atoms with E-state index in [2.05, 4.69) is 0 Å². The van der Waals surface area contributed by atoms with Crippen LogP contribution in [0.3, 0.4) is 0 Å². The second-order valence-electron chi connectivity index (χ2n) is 7.65. The van der Waals surface area contributed by atoms with Crippen LogP contribution in [0.1, 0.15) is 26.7 Å². The number of carboxylic acid groups (broad SMARTS) is 3. The molecule has 23 heteroatoms. The van der Waals surface area contributed by atoms with Crippen LogP contribution in [0.4, 0.5) is 0 Å². The predicted octanol–water partition coefficient (Wildman–Crippen LogP) is -9.24. The number of para-hydroxylation sites is 1. The van der Waals surface area contributed by atoms with Crippen molar-refractivity contribution in [3.8, 4) is 5.75 Å². The van der Waals surface area contributed by atoms with Gasteiger partial charge in [-0.1, -0.05) is 18.2 Å². The molecule has 0 radical (unpaired) electrons. The van der Waals surface area contributed by atoms with Gasteiger partial charge in [0.05, 0.1) is 65.2 Å². The fourth-order valence-corrected chi connectivity index (χ4v) is 1.84. The molecule has 48 heavy (non-hydrogen) atoms. The molecule has 0 fully saturated rings. The minimum Gasteiger partial charge on any atom is -1.00 e. The molecule has 276 valence electrons. The van der Waals surface area contributed by atoms with E-state index in [-0.39, 0.29) is 106 Å². The van der Waals surface area contributed by atoms with Gasteiger partial charge in [-0.25, -0.2) is 4.79 Å². The number of benzene rings is 1. The third-order valence-corrected chi connectivity index (χ3v) is 3.53. The van der Waals surface area contributed by atoms with E-state index in [1.54, 1.807) is 6.92 Å². The standard InChI is InChI=1S/C12H18O4.C6H8O7.C3H8O2.C2H7NO.C2H6O.Ca.ClH.Na.H2O3S/c13-6-7-14-8-9-15-10-11-16-12-4-2-1-3-5-12;7-3(8)1-6(13,5(11)12)2-4(9)10;1-3(5)2-4;3-1-2-4;1-2-3;;;;1-4(2)3/h1-5,13H,6-11H2;13H,1-2H2,(H,7,8)(H,9,10)(H,11,12);3-5H,2H2,1H3;4H,1-3H2;3H,2H2,1H3;;1H;;(H2,1,2,3)/q;;;;;+2;;+1;/p-3. The first-order chi connectivity index (χ1) is 21.0. The van der Waals surface area contributed by atoms with Gasteiger partial charge in [-0.15, -0.1) is 11.4 Å². The van der Waals surface area contributed by atoms with Crippen molar-refractivity contribution in [2.24, 2.45) is 5.73 Å². The van der Waals surface area contributed by atoms with Gasteiger partial charge in [0.15, 0.2) is 5.60 Å². The van der Waals surface area contributed by atoms with Crippen molar-refractivity contribution in [3.05, 3.63) is 30.3 Å². The Kier molecular flexibility index (Phi) is 70.2. The zero-order chi connectivity index (χ0) is 36.1. The van der Waals surface area contributed by atoms with Crippen molar-refractivity contribution in [2.45, 2.75) is 38.4 Å². The van der Waals surface area contributed by atoms with Crippen LogP contribution in [0.2, 0.25) is 0 Å². The molecule has 1 unspecified atom stereocenters. The number of nitrogens with two attached hydrogens (primary N) is 1. The minimum absolute atomic E-state index is 0. The Morgan fingerprint density at radius 1 is 0.875 bits per heavy atom. The number of rotatable bonds is 16. The molecule has 0 spiro atoms. The molecule has 0 aliphatic rings. The average Bonchev–Trinajstić information content (AvgIpc) is 2.95. The van der Waals surface area contributed by atoms with Crippen LogP contribution < -0.4 is 52.4 Å². The largest absolute Gasteiger partial charge is 2.00 e. The molecule has 0 amide bonds. The monoisotopic (exact) mass is 779 g/mol. The number of halogens is 1. The van der Waals surface area contributed by atoms with E-state index in [4.69, 9.17) is 79.2 Å². The summed E-state index contributed by atoms with van der Waals surface area (Å²) < 4.78 is 41.1. The fourth-order valence-electron chi connectivity index (χ4n) is 1.84. The molecule has 0 heterocycles. The molecule has 1 aromatic rings. The van der Waals surface area contributed by atoms with E-state index in [1.165, 1.54) is 6.92 Å². The normalized spacial score (nSPS) is 9.67. The van der Waals surface area contributed by atoms with Crippen LogP contribution in [-0.2, 0) is 35.2 Å². The van der Waals surface area contributed by atoms with E-state index in [0.29, 0.717) is 39.6 Å².